The van der Waals surface area contributed by atoms with Crippen molar-refractivity contribution in [3.63, 3.8) is 0 Å². The number of aliphatic hydroxyl groups is 5. The summed E-state index contributed by atoms with van der Waals surface area (Å²) in [6, 6.07) is 7.16. The number of hydrogen-bond donors (Lipinski definition) is 10. The fourth-order valence-corrected chi connectivity index (χ4v) is 8.33. The Morgan fingerprint density at radius 1 is 0.855 bits per heavy atom. The van der Waals surface area contributed by atoms with Crippen LogP contribution in [0.4, 0.5) is 23.5 Å². The van der Waals surface area contributed by atoms with Gasteiger partial charge in [0.15, 0.2) is 46.4 Å². The number of aromatic nitrogens is 8. The van der Waals surface area contributed by atoms with Crippen LogP contribution in [0.1, 0.15) is 47.1 Å². The van der Waals surface area contributed by atoms with E-state index in [0.29, 0.717) is 28.3 Å². The Bertz CT molecular complexity index is 2400. The predicted octanol–water partition coefficient (Wildman–Crippen LogP) is 0.0447. The molecule has 338 valence electrons. The van der Waals surface area contributed by atoms with Gasteiger partial charge in [0, 0.05) is 14.1 Å². The molecule has 2 saturated heterocycles. The number of rotatable bonds is 14. The zero-order chi connectivity index (χ0) is 45.3. The van der Waals surface area contributed by atoms with Gasteiger partial charge in [-0.25, -0.2) is 14.5 Å². The molecule has 6 heterocycles. The van der Waals surface area contributed by atoms with Crippen molar-refractivity contribution in [1.82, 2.24) is 44.1 Å². The molecule has 0 saturated carbocycles. The highest BCUT2D eigenvalue weighted by Crippen LogP contribution is 2.47. The minimum atomic E-state index is -4.24. The third-order valence-corrected chi connectivity index (χ3v) is 11.6. The van der Waals surface area contributed by atoms with Crippen LogP contribution in [-0.2, 0) is 28.1 Å². The molecule has 1 aromatic carbocycles. The quantitative estimate of drug-likeness (QED) is 0.0520. The van der Waals surface area contributed by atoms with E-state index in [2.05, 4.69) is 45.6 Å². The number of para-hydroxylation sites is 1. The summed E-state index contributed by atoms with van der Waals surface area (Å²) in [4.78, 5) is 37.3. The standard InChI is InChI=1S/C24H34N7O8P.C12H18N6O4/c1-13(2)37-21(33)14(3)30-40(35,39-15-9-7-6-8-10-15)36-11-16-18(32)24(4,34)22(38-16)31-12-27-17-19(26-5)28-23(25)29-20(17)31;1-12(21)7(20)5(3-19)22-10(12)18-4-15-6-8(14-2)16-11(13)17-9(6)18/h6-10,12-14,16,18,22,32,34H,11H2,1-5H3,(H,30,35)(H3,25,26,28,29);4-5,7,10,19-21H,3H2,1-2H3,(H3,13,14,16,17)/t14-,16+,18+,22+,24+,40?;5-,7-,10-,12-/m01/s1. The lowest BCUT2D eigenvalue weighted by Gasteiger charge is -2.27. The van der Waals surface area contributed by atoms with Crippen LogP contribution in [-0.4, -0.2) is 146 Å². The summed E-state index contributed by atoms with van der Waals surface area (Å²) in [6.07, 6.45) is -4.56. The summed E-state index contributed by atoms with van der Waals surface area (Å²) < 4.78 is 44.7. The molecule has 0 amide bonds. The number of carbonyl (C=O) groups is 1. The maximum atomic E-state index is 13.8. The van der Waals surface area contributed by atoms with Gasteiger partial charge in [-0.3, -0.25) is 18.5 Å². The molecular weight excluding hydrogens is 837 g/mol. The van der Waals surface area contributed by atoms with E-state index in [4.69, 9.17) is 34.7 Å². The van der Waals surface area contributed by atoms with Crippen molar-refractivity contribution >= 4 is 59.6 Å². The molecule has 26 heteroatoms. The molecule has 2 aliphatic rings. The van der Waals surface area contributed by atoms with E-state index in [1.807, 2.05) is 0 Å². The molecule has 1 unspecified atom stereocenters. The number of hydrogen-bond acceptors (Lipinski definition) is 22. The van der Waals surface area contributed by atoms with E-state index in [-0.39, 0.29) is 23.3 Å². The number of nitrogen functional groups attached to an aromatic ring is 2. The third kappa shape index (κ3) is 9.22. The Balaban J connectivity index is 0.000000245. The summed E-state index contributed by atoms with van der Waals surface area (Å²) in [7, 11) is -0.920. The number of ether oxygens (including phenoxy) is 3. The van der Waals surface area contributed by atoms with Gasteiger partial charge in [-0.2, -0.15) is 25.0 Å². The molecule has 7 rings (SSSR count). The Morgan fingerprint density at radius 3 is 1.79 bits per heavy atom. The van der Waals surface area contributed by atoms with Crippen LogP contribution in [0, 0.1) is 0 Å². The minimum absolute atomic E-state index is 0.0353. The van der Waals surface area contributed by atoms with Gasteiger partial charge in [-0.1, -0.05) is 18.2 Å². The van der Waals surface area contributed by atoms with Crippen molar-refractivity contribution < 1.29 is 58.2 Å². The van der Waals surface area contributed by atoms with E-state index in [9.17, 15) is 34.9 Å². The summed E-state index contributed by atoms with van der Waals surface area (Å²) in [5.41, 5.74) is 9.48. The first-order valence-corrected chi connectivity index (χ1v) is 20.8. The van der Waals surface area contributed by atoms with E-state index in [1.165, 1.54) is 42.6 Å². The van der Waals surface area contributed by atoms with Gasteiger partial charge in [0.05, 0.1) is 32.0 Å². The lowest BCUT2D eigenvalue weighted by atomic mass is 9.96. The van der Waals surface area contributed by atoms with Crippen LogP contribution in [0.3, 0.4) is 0 Å². The van der Waals surface area contributed by atoms with Crippen LogP contribution in [0.2, 0.25) is 0 Å². The summed E-state index contributed by atoms with van der Waals surface area (Å²) >= 11 is 0. The molecule has 62 heavy (non-hydrogen) atoms. The van der Waals surface area contributed by atoms with Crippen LogP contribution in [0.5, 0.6) is 5.75 Å². The van der Waals surface area contributed by atoms with Crippen molar-refractivity contribution in [1.29, 1.82) is 0 Å². The monoisotopic (exact) mass is 889 g/mol. The molecular formula is C36H52N13O12P. The number of nitrogens with two attached hydrogens (primary N) is 2. The number of nitrogens with one attached hydrogen (secondary N) is 3. The van der Waals surface area contributed by atoms with Crippen molar-refractivity contribution in [2.45, 2.75) is 94.8 Å². The van der Waals surface area contributed by atoms with Gasteiger partial charge >= 0.3 is 13.7 Å². The molecule has 4 aromatic heterocycles. The van der Waals surface area contributed by atoms with Crippen molar-refractivity contribution in [2.24, 2.45) is 0 Å². The maximum absolute atomic E-state index is 13.8. The molecule has 5 aromatic rings. The summed E-state index contributed by atoms with van der Waals surface area (Å²) in [6.45, 7) is 6.72. The lowest BCUT2D eigenvalue weighted by Crippen LogP contribution is -2.44. The molecule has 12 N–H and O–H groups in total. The lowest BCUT2D eigenvalue weighted by molar-refractivity contribution is -0.149. The second-order valence-corrected chi connectivity index (χ2v) is 16.8. The Kier molecular flexibility index (Phi) is 13.5. The molecule has 2 aliphatic heterocycles. The van der Waals surface area contributed by atoms with Gasteiger partial charge < -0.3 is 66.4 Å². The van der Waals surface area contributed by atoms with E-state index in [1.54, 1.807) is 58.3 Å². The van der Waals surface area contributed by atoms with Gasteiger partial charge in [0.25, 0.3) is 0 Å². The summed E-state index contributed by atoms with van der Waals surface area (Å²) in [5, 5.41) is 60.4. The number of aliphatic hydroxyl groups excluding tert-OH is 3. The largest absolute Gasteiger partial charge is 0.462 e. The highest BCUT2D eigenvalue weighted by molar-refractivity contribution is 7.52. The second-order valence-electron chi connectivity index (χ2n) is 15.1. The number of carbonyl (C=O) groups excluding carboxylic acids is 1. The first-order valence-electron chi connectivity index (χ1n) is 19.3. The molecule has 10 atom stereocenters. The zero-order valence-corrected chi connectivity index (χ0v) is 35.7. The molecule has 0 bridgehead atoms. The SMILES string of the molecule is CNc1nc(N)nc2c1ncn2[C@@H]1O[C@H](CO)[C@@H](O)[C@@]1(C)O.CNc1nc(N)nc2c1ncn2[C@@H]1O[C@H](COP(=O)(N[C@@H](C)C(=O)OC(C)C)Oc2ccccc2)[C@@H](O)[C@@]1(C)O. The van der Waals surface area contributed by atoms with Gasteiger partial charge in [-0.15, -0.1) is 0 Å². The van der Waals surface area contributed by atoms with Gasteiger partial charge in [-0.05, 0) is 46.8 Å². The highest BCUT2D eigenvalue weighted by Gasteiger charge is 2.55. The smallest absolute Gasteiger partial charge is 0.459 e. The van der Waals surface area contributed by atoms with E-state index < -0.39 is 87.1 Å². The first kappa shape index (κ1) is 46.2. The predicted molar refractivity (Wildman–Crippen MR) is 221 cm³/mol. The zero-order valence-electron chi connectivity index (χ0n) is 34.8. The topological polar surface area (TPSA) is 357 Å². The van der Waals surface area contributed by atoms with Crippen LogP contribution in [0.15, 0.2) is 43.0 Å². The van der Waals surface area contributed by atoms with Crippen LogP contribution < -0.4 is 31.7 Å². The maximum Gasteiger partial charge on any atom is 0.459 e. The Labute approximate surface area is 354 Å². The average Bonchev–Trinajstić information content (AvgIpc) is 3.95. The van der Waals surface area contributed by atoms with E-state index in [0.717, 1.165) is 0 Å². The van der Waals surface area contributed by atoms with E-state index >= 15 is 0 Å². The first-order chi connectivity index (χ1) is 29.2. The highest BCUT2D eigenvalue weighted by atomic mass is 31.2. The number of anilines is 4. The average molecular weight is 890 g/mol. The third-order valence-electron chi connectivity index (χ3n) is 9.98. The van der Waals surface area contributed by atoms with Crippen LogP contribution in [0.25, 0.3) is 22.3 Å². The molecule has 0 radical (unpaired) electrons. The second kappa shape index (κ2) is 18.2. The fourth-order valence-electron chi connectivity index (χ4n) is 6.83. The minimum Gasteiger partial charge on any atom is -0.462 e. The Hall–Kier alpha value is -5.34. The van der Waals surface area contributed by atoms with Gasteiger partial charge in [0.2, 0.25) is 11.9 Å². The van der Waals surface area contributed by atoms with Crippen LogP contribution >= 0.6 is 7.75 Å². The van der Waals surface area contributed by atoms with Crippen molar-refractivity contribution in [3.8, 4) is 5.75 Å². The summed E-state index contributed by atoms with van der Waals surface area (Å²) in [5.74, 6) is 0.364. The number of imidazole rings is 2. The normalized spacial score (nSPS) is 27.4. The molecule has 25 nitrogen and oxygen atoms in total. The van der Waals surface area contributed by atoms with Gasteiger partial charge in [0.1, 0.15) is 47.4 Å². The number of benzene rings is 1. The molecule has 0 aliphatic carbocycles. The number of esters is 1. The number of nitrogens with zero attached hydrogens (tertiary/aromatic N) is 8. The molecule has 2 fully saturated rings. The Morgan fingerprint density at radius 2 is 1.34 bits per heavy atom. The number of fused-ring (bicyclic) bond motifs is 2. The van der Waals surface area contributed by atoms with Crippen molar-refractivity contribution in [2.75, 3.05) is 49.4 Å². The van der Waals surface area contributed by atoms with Crippen molar-refractivity contribution in [3.05, 3.63) is 43.0 Å². The fraction of sp³-hybridized carbons (Fsp3) is 0.528. The molecule has 0 spiro atoms.